The first-order valence-corrected chi connectivity index (χ1v) is 6.46. The lowest BCUT2D eigenvalue weighted by Crippen LogP contribution is -2.54. The number of ether oxygens (including phenoxy) is 3. The number of hydrogen-bond acceptors (Lipinski definition) is 5. The van der Waals surface area contributed by atoms with E-state index in [1.54, 1.807) is 6.07 Å². The van der Waals surface area contributed by atoms with Crippen molar-refractivity contribution in [3.05, 3.63) is 30.1 Å². The van der Waals surface area contributed by atoms with Crippen LogP contribution in [0, 0.1) is 5.82 Å². The van der Waals surface area contributed by atoms with Crippen molar-refractivity contribution < 1.29 is 28.2 Å². The van der Waals surface area contributed by atoms with E-state index in [0.29, 0.717) is 6.61 Å². The summed E-state index contributed by atoms with van der Waals surface area (Å²) in [7, 11) is 1.25. The van der Waals surface area contributed by atoms with E-state index in [9.17, 15) is 14.0 Å². The van der Waals surface area contributed by atoms with Crippen LogP contribution in [0.2, 0.25) is 0 Å². The molecule has 1 aliphatic rings. The molecule has 0 N–H and O–H groups in total. The van der Waals surface area contributed by atoms with Gasteiger partial charge in [-0.3, -0.25) is 4.79 Å². The Morgan fingerprint density at radius 1 is 1.43 bits per heavy atom. The van der Waals surface area contributed by atoms with E-state index in [0.717, 1.165) is 0 Å². The number of morpholine rings is 1. The standard InChI is InChI=1S/C14H16FNO5/c1-19-14(18)11-8-20-7-6-16(11)13(17)9-21-12-5-3-2-4-10(12)15/h2-5,11H,6-9H2,1H3. The number of carbonyl (C=O) groups excluding carboxylic acids is 2. The van der Waals surface area contributed by atoms with Crippen molar-refractivity contribution in [2.75, 3.05) is 33.5 Å². The first-order chi connectivity index (χ1) is 10.1. The van der Waals surface area contributed by atoms with E-state index in [1.807, 2.05) is 0 Å². The Kier molecular flexibility index (Phi) is 5.10. The van der Waals surface area contributed by atoms with Crippen molar-refractivity contribution in [3.63, 3.8) is 0 Å². The second-order valence-electron chi connectivity index (χ2n) is 4.42. The zero-order valence-corrected chi connectivity index (χ0v) is 11.6. The van der Waals surface area contributed by atoms with E-state index < -0.39 is 23.7 Å². The third-order valence-electron chi connectivity index (χ3n) is 3.11. The highest BCUT2D eigenvalue weighted by Crippen LogP contribution is 2.16. The van der Waals surface area contributed by atoms with Crippen LogP contribution in [-0.2, 0) is 19.1 Å². The molecule has 1 amide bonds. The Morgan fingerprint density at radius 2 is 2.19 bits per heavy atom. The molecule has 0 aliphatic carbocycles. The predicted octanol–water partition coefficient (Wildman–Crippen LogP) is 0.605. The van der Waals surface area contributed by atoms with Crippen LogP contribution >= 0.6 is 0 Å². The molecular formula is C14H16FNO5. The molecule has 1 aromatic rings. The molecule has 1 saturated heterocycles. The van der Waals surface area contributed by atoms with Gasteiger partial charge >= 0.3 is 5.97 Å². The van der Waals surface area contributed by atoms with E-state index >= 15 is 0 Å². The Morgan fingerprint density at radius 3 is 2.90 bits per heavy atom. The molecule has 7 heteroatoms. The first kappa shape index (κ1) is 15.2. The quantitative estimate of drug-likeness (QED) is 0.762. The Bertz CT molecular complexity index is 522. The zero-order chi connectivity index (χ0) is 15.2. The Balaban J connectivity index is 1.98. The number of para-hydroxylation sites is 1. The third kappa shape index (κ3) is 3.69. The van der Waals surface area contributed by atoms with Crippen LogP contribution in [0.4, 0.5) is 4.39 Å². The number of benzene rings is 1. The summed E-state index contributed by atoms with van der Waals surface area (Å²) < 4.78 is 28.4. The molecule has 6 nitrogen and oxygen atoms in total. The van der Waals surface area contributed by atoms with Crippen LogP contribution < -0.4 is 4.74 Å². The average molecular weight is 297 g/mol. The summed E-state index contributed by atoms with van der Waals surface area (Å²) in [5.41, 5.74) is 0. The topological polar surface area (TPSA) is 65.1 Å². The zero-order valence-electron chi connectivity index (χ0n) is 11.6. The van der Waals surface area contributed by atoms with Gasteiger partial charge in [0.15, 0.2) is 24.2 Å². The number of hydrogen-bond donors (Lipinski definition) is 0. The van der Waals surface area contributed by atoms with Crippen LogP contribution in [-0.4, -0.2) is 56.3 Å². The number of carbonyl (C=O) groups is 2. The van der Waals surface area contributed by atoms with Gasteiger partial charge in [-0.2, -0.15) is 0 Å². The summed E-state index contributed by atoms with van der Waals surface area (Å²) in [5, 5.41) is 0. The minimum atomic E-state index is -0.791. The van der Waals surface area contributed by atoms with Gasteiger partial charge in [-0.1, -0.05) is 12.1 Å². The van der Waals surface area contributed by atoms with Gasteiger partial charge in [0, 0.05) is 6.54 Å². The second kappa shape index (κ2) is 7.03. The highest BCUT2D eigenvalue weighted by molar-refractivity contribution is 5.85. The van der Waals surface area contributed by atoms with Crippen LogP contribution in [0.5, 0.6) is 5.75 Å². The van der Waals surface area contributed by atoms with Gasteiger partial charge < -0.3 is 19.1 Å². The minimum absolute atomic E-state index is 0.00581. The Hall–Kier alpha value is -2.15. The largest absolute Gasteiger partial charge is 0.481 e. The monoisotopic (exact) mass is 297 g/mol. The first-order valence-electron chi connectivity index (χ1n) is 6.46. The normalized spacial score (nSPS) is 18.2. The minimum Gasteiger partial charge on any atom is -0.481 e. The predicted molar refractivity (Wildman–Crippen MR) is 70.2 cm³/mol. The van der Waals surface area contributed by atoms with Gasteiger partial charge in [0.1, 0.15) is 0 Å². The van der Waals surface area contributed by atoms with Crippen molar-refractivity contribution in [2.24, 2.45) is 0 Å². The molecule has 0 aromatic heterocycles. The fourth-order valence-corrected chi connectivity index (χ4v) is 2.02. The van der Waals surface area contributed by atoms with Gasteiger partial charge in [-0.25, -0.2) is 9.18 Å². The summed E-state index contributed by atoms with van der Waals surface area (Å²) >= 11 is 0. The number of rotatable bonds is 4. The second-order valence-corrected chi connectivity index (χ2v) is 4.42. The van der Waals surface area contributed by atoms with Crippen molar-refractivity contribution in [1.82, 2.24) is 4.90 Å². The van der Waals surface area contributed by atoms with E-state index in [-0.39, 0.29) is 25.5 Å². The molecule has 0 radical (unpaired) electrons. The van der Waals surface area contributed by atoms with Gasteiger partial charge in [-0.15, -0.1) is 0 Å². The molecule has 1 heterocycles. The number of halogens is 1. The SMILES string of the molecule is COC(=O)C1COCCN1C(=O)COc1ccccc1F. The molecule has 1 fully saturated rings. The fourth-order valence-electron chi connectivity index (χ4n) is 2.02. The van der Waals surface area contributed by atoms with E-state index in [2.05, 4.69) is 4.74 Å². The maximum absolute atomic E-state index is 13.4. The summed E-state index contributed by atoms with van der Waals surface area (Å²) in [4.78, 5) is 25.1. The van der Waals surface area contributed by atoms with Crippen molar-refractivity contribution in [2.45, 2.75) is 6.04 Å². The Labute approximate surface area is 121 Å². The van der Waals surface area contributed by atoms with Crippen molar-refractivity contribution >= 4 is 11.9 Å². The molecule has 0 saturated carbocycles. The van der Waals surface area contributed by atoms with Gasteiger partial charge in [0.2, 0.25) is 0 Å². The number of methoxy groups -OCH3 is 1. The molecule has 114 valence electrons. The van der Waals surface area contributed by atoms with Gasteiger partial charge in [-0.05, 0) is 12.1 Å². The van der Waals surface area contributed by atoms with Crippen molar-refractivity contribution in [1.29, 1.82) is 0 Å². The van der Waals surface area contributed by atoms with Crippen LogP contribution in [0.1, 0.15) is 0 Å². The summed E-state index contributed by atoms with van der Waals surface area (Å²) in [6, 6.07) is 5.01. The molecule has 1 atom stereocenters. The number of nitrogens with zero attached hydrogens (tertiary/aromatic N) is 1. The highest BCUT2D eigenvalue weighted by Gasteiger charge is 2.33. The highest BCUT2D eigenvalue weighted by atomic mass is 19.1. The van der Waals surface area contributed by atoms with E-state index in [1.165, 1.54) is 30.2 Å². The molecule has 0 spiro atoms. The summed E-state index contributed by atoms with van der Waals surface area (Å²) in [5.74, 6) is -1.52. The number of esters is 1. The molecule has 2 rings (SSSR count). The lowest BCUT2D eigenvalue weighted by molar-refractivity contribution is -0.161. The molecule has 1 aromatic carbocycles. The maximum atomic E-state index is 13.4. The van der Waals surface area contributed by atoms with Gasteiger partial charge in [0.05, 0.1) is 20.3 Å². The summed E-state index contributed by atoms with van der Waals surface area (Å²) in [6.45, 7) is 0.324. The molecule has 1 unspecified atom stereocenters. The molecule has 21 heavy (non-hydrogen) atoms. The summed E-state index contributed by atoms with van der Waals surface area (Å²) in [6.07, 6.45) is 0. The van der Waals surface area contributed by atoms with Crippen LogP contribution in [0.25, 0.3) is 0 Å². The third-order valence-corrected chi connectivity index (χ3v) is 3.11. The molecule has 1 aliphatic heterocycles. The molecular weight excluding hydrogens is 281 g/mol. The van der Waals surface area contributed by atoms with E-state index in [4.69, 9.17) is 9.47 Å². The molecule has 0 bridgehead atoms. The lowest BCUT2D eigenvalue weighted by Gasteiger charge is -2.33. The van der Waals surface area contributed by atoms with Crippen LogP contribution in [0.3, 0.4) is 0 Å². The smallest absolute Gasteiger partial charge is 0.331 e. The van der Waals surface area contributed by atoms with Gasteiger partial charge in [0.25, 0.3) is 5.91 Å². The number of amides is 1. The van der Waals surface area contributed by atoms with Crippen LogP contribution in [0.15, 0.2) is 24.3 Å². The van der Waals surface area contributed by atoms with Crippen molar-refractivity contribution in [3.8, 4) is 5.75 Å². The fraction of sp³-hybridized carbons (Fsp3) is 0.429. The average Bonchev–Trinajstić information content (AvgIpc) is 2.53. The lowest BCUT2D eigenvalue weighted by atomic mass is 10.2. The maximum Gasteiger partial charge on any atom is 0.331 e.